The Bertz CT molecular complexity index is 834. The zero-order valence-corrected chi connectivity index (χ0v) is 17.5. The first-order valence-corrected chi connectivity index (χ1v) is 11.3. The normalized spacial score (nSPS) is 27.0. The number of aromatic nitrogens is 2. The van der Waals surface area contributed by atoms with Crippen molar-refractivity contribution in [3.05, 3.63) is 16.8 Å². The van der Waals surface area contributed by atoms with Gasteiger partial charge in [0.1, 0.15) is 16.2 Å². The van der Waals surface area contributed by atoms with Gasteiger partial charge in [-0.3, -0.25) is 4.79 Å². The molecule has 0 saturated heterocycles. The zero-order valence-electron chi connectivity index (χ0n) is 15.9. The molecule has 0 radical (unpaired) electrons. The van der Waals surface area contributed by atoms with Gasteiger partial charge >= 0.3 is 0 Å². The number of carbonyl (C=O) groups is 1. The fourth-order valence-corrected chi connectivity index (χ4v) is 6.86. The van der Waals surface area contributed by atoms with Crippen molar-refractivity contribution in [2.75, 3.05) is 0 Å². The highest BCUT2D eigenvalue weighted by atomic mass is 32.2. The second-order valence-corrected chi connectivity index (χ2v) is 10.6. The summed E-state index contributed by atoms with van der Waals surface area (Å²) < 4.78 is 0. The van der Waals surface area contributed by atoms with Crippen molar-refractivity contribution in [3.8, 4) is 0 Å². The Hall–Kier alpha value is -1.14. The molecule has 2 heterocycles. The van der Waals surface area contributed by atoms with Gasteiger partial charge in [0.05, 0.1) is 5.25 Å². The molecule has 0 spiro atoms. The SMILES string of the molecule is Cc1sc2ncnc(SC(C)C(=O)NC(C)C3CC4CCC3C4)c2c1C. The van der Waals surface area contributed by atoms with Crippen LogP contribution in [-0.4, -0.2) is 27.2 Å². The molecule has 1 amide bonds. The van der Waals surface area contributed by atoms with Crippen LogP contribution >= 0.6 is 23.1 Å². The maximum Gasteiger partial charge on any atom is 0.233 e. The molecular weight excluding hydrogens is 362 g/mol. The number of thiophene rings is 1. The minimum atomic E-state index is -0.159. The maximum absolute atomic E-state index is 12.8. The van der Waals surface area contributed by atoms with Crippen LogP contribution in [0.4, 0.5) is 0 Å². The minimum absolute atomic E-state index is 0.127. The van der Waals surface area contributed by atoms with Gasteiger partial charge in [0, 0.05) is 16.3 Å². The number of hydrogen-bond acceptors (Lipinski definition) is 5. The van der Waals surface area contributed by atoms with Crippen LogP contribution < -0.4 is 5.32 Å². The summed E-state index contributed by atoms with van der Waals surface area (Å²) in [5, 5.41) is 5.17. The molecule has 2 aromatic heterocycles. The van der Waals surface area contributed by atoms with Crippen molar-refractivity contribution in [1.82, 2.24) is 15.3 Å². The monoisotopic (exact) mass is 389 g/mol. The van der Waals surface area contributed by atoms with Crippen molar-refractivity contribution in [1.29, 1.82) is 0 Å². The quantitative estimate of drug-likeness (QED) is 0.593. The molecule has 4 nitrogen and oxygen atoms in total. The Morgan fingerprint density at radius 3 is 2.77 bits per heavy atom. The topological polar surface area (TPSA) is 54.9 Å². The maximum atomic E-state index is 12.8. The Morgan fingerprint density at radius 1 is 1.27 bits per heavy atom. The average molecular weight is 390 g/mol. The third-order valence-corrected chi connectivity index (χ3v) is 8.61. The number of hydrogen-bond donors (Lipinski definition) is 1. The molecule has 5 unspecified atom stereocenters. The number of fused-ring (bicyclic) bond motifs is 3. The fourth-order valence-electron chi connectivity index (χ4n) is 4.82. The molecular formula is C20H27N3OS2. The molecule has 140 valence electrons. The van der Waals surface area contributed by atoms with Gasteiger partial charge in [-0.1, -0.05) is 18.2 Å². The van der Waals surface area contributed by atoms with Crippen LogP contribution in [0.15, 0.2) is 11.4 Å². The minimum Gasteiger partial charge on any atom is -0.352 e. The first-order valence-electron chi connectivity index (χ1n) is 9.61. The van der Waals surface area contributed by atoms with Crippen molar-refractivity contribution in [3.63, 3.8) is 0 Å². The summed E-state index contributed by atoms with van der Waals surface area (Å²) >= 11 is 3.25. The first-order chi connectivity index (χ1) is 12.4. The summed E-state index contributed by atoms with van der Waals surface area (Å²) in [5.41, 5.74) is 1.23. The van der Waals surface area contributed by atoms with Crippen LogP contribution in [-0.2, 0) is 4.79 Å². The number of amides is 1. The van der Waals surface area contributed by atoms with Gasteiger partial charge in [-0.15, -0.1) is 11.3 Å². The van der Waals surface area contributed by atoms with Gasteiger partial charge in [0.2, 0.25) is 5.91 Å². The fraction of sp³-hybridized carbons (Fsp3) is 0.650. The van der Waals surface area contributed by atoms with Crippen LogP contribution in [0, 0.1) is 31.6 Å². The summed E-state index contributed by atoms with van der Waals surface area (Å²) in [6.07, 6.45) is 7.05. The molecule has 0 aromatic carbocycles. The van der Waals surface area contributed by atoms with Crippen molar-refractivity contribution >= 4 is 39.2 Å². The highest BCUT2D eigenvalue weighted by Crippen LogP contribution is 2.49. The van der Waals surface area contributed by atoms with E-state index in [-0.39, 0.29) is 17.2 Å². The van der Waals surface area contributed by atoms with Gasteiger partial charge in [-0.2, -0.15) is 0 Å². The van der Waals surface area contributed by atoms with Gasteiger partial charge in [0.15, 0.2) is 0 Å². The van der Waals surface area contributed by atoms with Crippen LogP contribution in [0.5, 0.6) is 0 Å². The second kappa shape index (κ2) is 7.12. The number of rotatable bonds is 5. The van der Waals surface area contributed by atoms with Crippen LogP contribution in [0.25, 0.3) is 10.2 Å². The number of nitrogens with one attached hydrogen (secondary N) is 1. The Labute approximate surface area is 163 Å². The zero-order chi connectivity index (χ0) is 18.4. The predicted octanol–water partition coefficient (Wildman–Crippen LogP) is 4.73. The summed E-state index contributed by atoms with van der Waals surface area (Å²) in [4.78, 5) is 23.9. The van der Waals surface area contributed by atoms with E-state index in [4.69, 9.17) is 0 Å². The summed E-state index contributed by atoms with van der Waals surface area (Å²) in [6.45, 7) is 8.40. The standard InChI is InChI=1S/C20H27N3OS2/c1-10-12(3)25-19-17(10)20(22-9-21-19)26-13(4)18(24)23-11(2)16-8-14-5-6-15(16)7-14/h9,11,13-16H,5-8H2,1-4H3,(H,23,24). The lowest BCUT2D eigenvalue weighted by Crippen LogP contribution is -2.43. The molecule has 0 aliphatic heterocycles. The lowest BCUT2D eigenvalue weighted by Gasteiger charge is -2.29. The average Bonchev–Trinajstić information content (AvgIpc) is 3.31. The van der Waals surface area contributed by atoms with E-state index in [0.29, 0.717) is 5.92 Å². The Balaban J connectivity index is 1.43. The van der Waals surface area contributed by atoms with Gasteiger partial charge in [0.25, 0.3) is 0 Å². The Kier molecular flexibility index (Phi) is 4.99. The molecule has 2 aromatic rings. The second-order valence-electron chi connectivity index (χ2n) is 8.04. The van der Waals surface area contributed by atoms with E-state index in [2.05, 4.69) is 36.1 Å². The molecule has 2 aliphatic carbocycles. The lowest BCUT2D eigenvalue weighted by atomic mass is 9.84. The molecule has 5 atom stereocenters. The van der Waals surface area contributed by atoms with Crippen LogP contribution in [0.3, 0.4) is 0 Å². The first kappa shape index (κ1) is 18.2. The number of thioether (sulfide) groups is 1. The molecule has 2 aliphatic rings. The largest absolute Gasteiger partial charge is 0.352 e. The van der Waals surface area contributed by atoms with Crippen molar-refractivity contribution < 1.29 is 4.79 Å². The molecule has 2 saturated carbocycles. The third-order valence-electron chi connectivity index (χ3n) is 6.39. The molecule has 26 heavy (non-hydrogen) atoms. The summed E-state index contributed by atoms with van der Waals surface area (Å²) in [7, 11) is 0. The van der Waals surface area contributed by atoms with Crippen molar-refractivity contribution in [2.24, 2.45) is 17.8 Å². The van der Waals surface area contributed by atoms with E-state index in [1.54, 1.807) is 29.4 Å². The van der Waals surface area contributed by atoms with Gasteiger partial charge in [-0.05, 0) is 70.3 Å². The highest BCUT2D eigenvalue weighted by molar-refractivity contribution is 8.00. The molecule has 2 fully saturated rings. The van der Waals surface area contributed by atoms with Gasteiger partial charge < -0.3 is 5.32 Å². The number of carbonyl (C=O) groups excluding carboxylic acids is 1. The number of nitrogens with zero attached hydrogens (tertiary/aromatic N) is 2. The van der Waals surface area contributed by atoms with E-state index in [1.807, 2.05) is 6.92 Å². The van der Waals surface area contributed by atoms with E-state index in [9.17, 15) is 4.79 Å². The van der Waals surface area contributed by atoms with E-state index in [1.165, 1.54) is 36.1 Å². The van der Waals surface area contributed by atoms with Crippen molar-refractivity contribution in [2.45, 2.75) is 69.7 Å². The van der Waals surface area contributed by atoms with E-state index < -0.39 is 0 Å². The molecule has 6 heteroatoms. The van der Waals surface area contributed by atoms with Crippen LogP contribution in [0.1, 0.15) is 50.0 Å². The predicted molar refractivity (Wildman–Crippen MR) is 109 cm³/mol. The lowest BCUT2D eigenvalue weighted by molar-refractivity contribution is -0.121. The molecule has 4 rings (SSSR count). The summed E-state index contributed by atoms with van der Waals surface area (Å²) in [5.74, 6) is 2.54. The molecule has 1 N–H and O–H groups in total. The third kappa shape index (κ3) is 3.26. The highest BCUT2D eigenvalue weighted by Gasteiger charge is 2.42. The van der Waals surface area contributed by atoms with E-state index >= 15 is 0 Å². The summed E-state index contributed by atoms with van der Waals surface area (Å²) in [6, 6.07) is 0.274. The molecule has 2 bridgehead atoms. The Morgan fingerprint density at radius 2 is 2.08 bits per heavy atom. The van der Waals surface area contributed by atoms with E-state index in [0.717, 1.165) is 27.1 Å². The smallest absolute Gasteiger partial charge is 0.233 e. The number of aryl methyl sites for hydroxylation is 2. The van der Waals surface area contributed by atoms with Gasteiger partial charge in [-0.25, -0.2) is 9.97 Å². The van der Waals surface area contributed by atoms with Crippen LogP contribution in [0.2, 0.25) is 0 Å².